The van der Waals surface area contributed by atoms with Crippen LogP contribution in [0.1, 0.15) is 12.2 Å². The Hall–Kier alpha value is -3.10. The molecule has 0 saturated heterocycles. The first-order valence-corrected chi connectivity index (χ1v) is 7.73. The summed E-state index contributed by atoms with van der Waals surface area (Å²) in [5.41, 5.74) is 0.537. The molecule has 0 fully saturated rings. The molecule has 0 spiro atoms. The van der Waals surface area contributed by atoms with Crippen molar-refractivity contribution in [3.8, 4) is 11.5 Å². The molecule has 1 unspecified atom stereocenters. The van der Waals surface area contributed by atoms with Crippen molar-refractivity contribution in [3.63, 3.8) is 0 Å². The minimum Gasteiger partial charge on any atom is -0.497 e. The van der Waals surface area contributed by atoms with Crippen molar-refractivity contribution in [3.05, 3.63) is 24.0 Å². The number of ether oxygens (including phenoxy) is 2. The molecule has 3 rings (SSSR count). The molecule has 1 aromatic carbocycles. The van der Waals surface area contributed by atoms with Crippen LogP contribution >= 0.6 is 0 Å². The Morgan fingerprint density at radius 1 is 1.32 bits per heavy atom. The summed E-state index contributed by atoms with van der Waals surface area (Å²) in [5, 5.41) is 9.63. The van der Waals surface area contributed by atoms with Gasteiger partial charge in [-0.25, -0.2) is 4.68 Å². The van der Waals surface area contributed by atoms with Gasteiger partial charge < -0.3 is 14.8 Å². The van der Waals surface area contributed by atoms with Crippen LogP contribution in [0.15, 0.2) is 18.2 Å². The maximum Gasteiger partial charge on any atom is 0.232 e. The summed E-state index contributed by atoms with van der Waals surface area (Å²) in [4.78, 5) is 28.6. The van der Waals surface area contributed by atoms with E-state index in [0.29, 0.717) is 35.5 Å². The van der Waals surface area contributed by atoms with Crippen molar-refractivity contribution in [2.24, 2.45) is 5.92 Å². The SMILES string of the molecule is COc1cc(NC(=O)CC2Cn3nc(C)nc3NC2=O)cc(OC)c1. The number of carbonyl (C=O) groups is 2. The Balaban J connectivity index is 1.68. The van der Waals surface area contributed by atoms with Gasteiger partial charge in [0, 0.05) is 30.3 Å². The number of hydrogen-bond donors (Lipinski definition) is 2. The summed E-state index contributed by atoms with van der Waals surface area (Å²) in [6.07, 6.45) is 0.0315. The zero-order chi connectivity index (χ0) is 18.0. The monoisotopic (exact) mass is 345 g/mol. The fourth-order valence-corrected chi connectivity index (χ4v) is 2.65. The van der Waals surface area contributed by atoms with Gasteiger partial charge in [0.2, 0.25) is 17.8 Å². The molecule has 1 atom stereocenters. The van der Waals surface area contributed by atoms with Gasteiger partial charge in [-0.3, -0.25) is 14.9 Å². The summed E-state index contributed by atoms with van der Waals surface area (Å²) in [6, 6.07) is 5.07. The first-order chi connectivity index (χ1) is 12.0. The van der Waals surface area contributed by atoms with Crippen molar-refractivity contribution in [2.75, 3.05) is 24.9 Å². The lowest BCUT2D eigenvalue weighted by Crippen LogP contribution is -2.36. The zero-order valence-electron chi connectivity index (χ0n) is 14.2. The highest BCUT2D eigenvalue weighted by atomic mass is 16.5. The molecule has 2 heterocycles. The largest absolute Gasteiger partial charge is 0.497 e. The van der Waals surface area contributed by atoms with E-state index in [2.05, 4.69) is 20.7 Å². The molecule has 9 nitrogen and oxygen atoms in total. The van der Waals surface area contributed by atoms with Gasteiger partial charge >= 0.3 is 0 Å². The van der Waals surface area contributed by atoms with Gasteiger partial charge in [0.25, 0.3) is 0 Å². The maximum atomic E-state index is 12.3. The predicted molar refractivity (Wildman–Crippen MR) is 89.7 cm³/mol. The van der Waals surface area contributed by atoms with Gasteiger partial charge in [-0.1, -0.05) is 0 Å². The number of nitrogens with one attached hydrogen (secondary N) is 2. The van der Waals surface area contributed by atoms with Crippen LogP contribution in [0.25, 0.3) is 0 Å². The Kier molecular flexibility index (Phi) is 4.55. The summed E-state index contributed by atoms with van der Waals surface area (Å²) in [6.45, 7) is 2.06. The number of hydrogen-bond acceptors (Lipinski definition) is 6. The van der Waals surface area contributed by atoms with Crippen LogP contribution in [0, 0.1) is 12.8 Å². The van der Waals surface area contributed by atoms with Crippen LogP contribution in [0.4, 0.5) is 11.6 Å². The number of anilines is 2. The standard InChI is InChI=1S/C16H19N5O4/c1-9-17-16-19-15(23)10(8-21(16)20-9)4-14(22)18-11-5-12(24-2)7-13(6-11)25-3/h5-7,10H,4,8H2,1-3H3,(H,18,22)(H,17,19,20,23). The molecule has 0 radical (unpaired) electrons. The van der Waals surface area contributed by atoms with Crippen LogP contribution in [-0.2, 0) is 16.1 Å². The van der Waals surface area contributed by atoms with E-state index in [1.54, 1.807) is 29.8 Å². The van der Waals surface area contributed by atoms with Crippen molar-refractivity contribution in [1.82, 2.24) is 14.8 Å². The molecule has 1 aromatic heterocycles. The maximum absolute atomic E-state index is 12.3. The smallest absolute Gasteiger partial charge is 0.232 e. The van der Waals surface area contributed by atoms with E-state index in [9.17, 15) is 9.59 Å². The van der Waals surface area contributed by atoms with Crippen LogP contribution in [-0.4, -0.2) is 40.8 Å². The third-order valence-electron chi connectivity index (χ3n) is 3.84. The van der Waals surface area contributed by atoms with Gasteiger partial charge in [0.1, 0.15) is 17.3 Å². The second-order valence-electron chi connectivity index (χ2n) is 5.70. The number of methoxy groups -OCH3 is 2. The molecule has 1 aliphatic rings. The van der Waals surface area contributed by atoms with Crippen LogP contribution in [0.3, 0.4) is 0 Å². The van der Waals surface area contributed by atoms with E-state index in [0.717, 1.165) is 0 Å². The molecule has 9 heteroatoms. The molecular weight excluding hydrogens is 326 g/mol. The lowest BCUT2D eigenvalue weighted by Gasteiger charge is -2.21. The number of benzene rings is 1. The minimum atomic E-state index is -0.513. The Morgan fingerprint density at radius 2 is 2.00 bits per heavy atom. The summed E-state index contributed by atoms with van der Waals surface area (Å²) in [7, 11) is 3.06. The summed E-state index contributed by atoms with van der Waals surface area (Å²) >= 11 is 0. The number of rotatable bonds is 5. The molecule has 2 aromatic rings. The molecule has 0 bridgehead atoms. The van der Waals surface area contributed by atoms with Crippen molar-refractivity contribution < 1.29 is 19.1 Å². The fraction of sp³-hybridized carbons (Fsp3) is 0.375. The summed E-state index contributed by atoms with van der Waals surface area (Å²) < 4.78 is 11.9. The van der Waals surface area contributed by atoms with Crippen LogP contribution < -0.4 is 20.1 Å². The highest BCUT2D eigenvalue weighted by Crippen LogP contribution is 2.26. The topological polar surface area (TPSA) is 107 Å². The number of aryl methyl sites for hydroxylation is 1. The van der Waals surface area contributed by atoms with E-state index >= 15 is 0 Å². The number of aromatic nitrogens is 3. The third kappa shape index (κ3) is 3.70. The number of amides is 2. The molecule has 1 aliphatic heterocycles. The first-order valence-electron chi connectivity index (χ1n) is 7.73. The Labute approximate surface area is 144 Å². The fourth-order valence-electron chi connectivity index (χ4n) is 2.65. The molecule has 0 aliphatic carbocycles. The van der Waals surface area contributed by atoms with Crippen LogP contribution in [0.2, 0.25) is 0 Å². The third-order valence-corrected chi connectivity index (χ3v) is 3.84. The highest BCUT2D eigenvalue weighted by Gasteiger charge is 2.30. The molecule has 132 valence electrons. The van der Waals surface area contributed by atoms with E-state index < -0.39 is 5.92 Å². The second kappa shape index (κ2) is 6.80. The Morgan fingerprint density at radius 3 is 2.64 bits per heavy atom. The Bertz CT molecular complexity index is 795. The number of fused-ring (bicyclic) bond motifs is 1. The predicted octanol–water partition coefficient (Wildman–Crippen LogP) is 1.20. The van der Waals surface area contributed by atoms with Gasteiger partial charge in [-0.05, 0) is 6.92 Å². The van der Waals surface area contributed by atoms with E-state index in [4.69, 9.17) is 9.47 Å². The number of nitrogens with zero attached hydrogens (tertiary/aromatic N) is 3. The minimum absolute atomic E-state index is 0.0315. The molecule has 25 heavy (non-hydrogen) atoms. The van der Waals surface area contributed by atoms with Gasteiger partial charge in [-0.15, -0.1) is 0 Å². The molecule has 2 N–H and O–H groups in total. The normalized spacial score (nSPS) is 16.0. The average Bonchev–Trinajstić information content (AvgIpc) is 2.93. The second-order valence-corrected chi connectivity index (χ2v) is 5.70. The van der Waals surface area contributed by atoms with Gasteiger partial charge in [-0.2, -0.15) is 10.1 Å². The quantitative estimate of drug-likeness (QED) is 0.843. The van der Waals surface area contributed by atoms with Crippen molar-refractivity contribution >= 4 is 23.5 Å². The van der Waals surface area contributed by atoms with Crippen molar-refractivity contribution in [2.45, 2.75) is 19.9 Å². The van der Waals surface area contributed by atoms with Crippen LogP contribution in [0.5, 0.6) is 11.5 Å². The van der Waals surface area contributed by atoms with Crippen molar-refractivity contribution in [1.29, 1.82) is 0 Å². The lowest BCUT2D eigenvalue weighted by atomic mass is 10.0. The zero-order valence-corrected chi connectivity index (χ0v) is 14.2. The van der Waals surface area contributed by atoms with E-state index in [1.807, 2.05) is 0 Å². The first kappa shape index (κ1) is 16.7. The average molecular weight is 345 g/mol. The highest BCUT2D eigenvalue weighted by molar-refractivity contribution is 5.98. The van der Waals surface area contributed by atoms with Gasteiger partial charge in [0.05, 0.1) is 26.7 Å². The lowest BCUT2D eigenvalue weighted by molar-refractivity contribution is -0.125. The van der Waals surface area contributed by atoms with E-state index in [1.165, 1.54) is 14.2 Å². The number of carbonyl (C=O) groups excluding carboxylic acids is 2. The van der Waals surface area contributed by atoms with E-state index in [-0.39, 0.29) is 18.2 Å². The molecule has 0 saturated carbocycles. The molecule has 2 amide bonds. The van der Waals surface area contributed by atoms with Gasteiger partial charge in [0.15, 0.2) is 0 Å². The molecular formula is C16H19N5O4. The summed E-state index contributed by atoms with van der Waals surface area (Å²) in [5.74, 6) is 1.08.